The average molecular weight is 338 g/mol. The summed E-state index contributed by atoms with van der Waals surface area (Å²) < 4.78 is 19.1. The third kappa shape index (κ3) is 4.12. The summed E-state index contributed by atoms with van der Waals surface area (Å²) in [4.78, 5) is 16.5. The van der Waals surface area contributed by atoms with Crippen LogP contribution >= 0.6 is 0 Å². The zero-order valence-electron chi connectivity index (χ0n) is 14.2. The highest BCUT2D eigenvalue weighted by atomic mass is 19.1. The van der Waals surface area contributed by atoms with Crippen molar-refractivity contribution < 1.29 is 13.9 Å². The van der Waals surface area contributed by atoms with Crippen molar-refractivity contribution in [1.82, 2.24) is 10.3 Å². The summed E-state index contributed by atoms with van der Waals surface area (Å²) in [5.74, 6) is 0.0172. The van der Waals surface area contributed by atoms with E-state index in [4.69, 9.17) is 4.74 Å². The van der Waals surface area contributed by atoms with Crippen LogP contribution in [0.5, 0.6) is 5.75 Å². The highest BCUT2D eigenvalue weighted by molar-refractivity contribution is 5.85. The van der Waals surface area contributed by atoms with Crippen molar-refractivity contribution in [2.75, 3.05) is 6.61 Å². The lowest BCUT2D eigenvalue weighted by Gasteiger charge is -2.10. The quantitative estimate of drug-likeness (QED) is 0.772. The molecular weight excluding hydrogens is 319 g/mol. The number of ether oxygens (including phenoxy) is 1. The van der Waals surface area contributed by atoms with E-state index >= 15 is 0 Å². The molecule has 0 bridgehead atoms. The first-order chi connectivity index (χ1) is 12.0. The monoisotopic (exact) mass is 338 g/mol. The fraction of sp³-hybridized carbons (Fsp3) is 0.200. The zero-order chi connectivity index (χ0) is 17.8. The molecule has 0 atom stereocenters. The van der Waals surface area contributed by atoms with Gasteiger partial charge in [0.15, 0.2) is 6.61 Å². The van der Waals surface area contributed by atoms with Gasteiger partial charge in [0.1, 0.15) is 17.1 Å². The standard InChI is InChI=1S/C20H19FN2O2/c1-13-6-8-15(10-17(13)21)11-22-19(24)12-25-18-5-3-4-16-9-7-14(2)23-20(16)18/h3-10H,11-12H2,1-2H3,(H,22,24). The number of rotatable bonds is 5. The molecule has 0 saturated carbocycles. The number of para-hydroxylation sites is 1. The Balaban J connectivity index is 1.61. The number of hydrogen-bond donors (Lipinski definition) is 1. The van der Waals surface area contributed by atoms with Gasteiger partial charge in [0.05, 0.1) is 0 Å². The number of amides is 1. The lowest BCUT2D eigenvalue weighted by molar-refractivity contribution is -0.123. The highest BCUT2D eigenvalue weighted by Crippen LogP contribution is 2.23. The van der Waals surface area contributed by atoms with Crippen LogP contribution < -0.4 is 10.1 Å². The van der Waals surface area contributed by atoms with E-state index < -0.39 is 0 Å². The van der Waals surface area contributed by atoms with Crippen molar-refractivity contribution in [3.8, 4) is 5.75 Å². The van der Waals surface area contributed by atoms with Crippen molar-refractivity contribution >= 4 is 16.8 Å². The molecule has 1 heterocycles. The second kappa shape index (κ2) is 7.30. The van der Waals surface area contributed by atoms with Crippen molar-refractivity contribution in [2.24, 2.45) is 0 Å². The lowest BCUT2D eigenvalue weighted by atomic mass is 10.1. The predicted molar refractivity (Wildman–Crippen MR) is 95.0 cm³/mol. The van der Waals surface area contributed by atoms with E-state index in [9.17, 15) is 9.18 Å². The fourth-order valence-corrected chi connectivity index (χ4v) is 2.48. The third-order valence-corrected chi connectivity index (χ3v) is 3.91. The molecule has 3 rings (SSSR count). The highest BCUT2D eigenvalue weighted by Gasteiger charge is 2.08. The normalized spacial score (nSPS) is 10.7. The van der Waals surface area contributed by atoms with Gasteiger partial charge in [-0.1, -0.05) is 30.3 Å². The van der Waals surface area contributed by atoms with Crippen LogP contribution in [0.4, 0.5) is 4.39 Å². The molecule has 3 aromatic rings. The van der Waals surface area contributed by atoms with E-state index in [1.165, 1.54) is 6.07 Å². The largest absolute Gasteiger partial charge is 0.481 e. The number of carbonyl (C=O) groups is 1. The van der Waals surface area contributed by atoms with Crippen molar-refractivity contribution in [3.05, 3.63) is 71.2 Å². The Bertz CT molecular complexity index is 925. The summed E-state index contributed by atoms with van der Waals surface area (Å²) in [6.45, 7) is 3.74. The molecule has 25 heavy (non-hydrogen) atoms. The molecule has 1 N–H and O–H groups in total. The first-order valence-corrected chi connectivity index (χ1v) is 8.04. The van der Waals surface area contributed by atoms with Crippen LogP contribution in [0.25, 0.3) is 10.9 Å². The van der Waals surface area contributed by atoms with E-state index in [1.54, 1.807) is 25.1 Å². The Kier molecular flexibility index (Phi) is 4.93. The molecule has 1 amide bonds. The maximum Gasteiger partial charge on any atom is 0.258 e. The molecule has 5 heteroatoms. The molecule has 0 radical (unpaired) electrons. The summed E-state index contributed by atoms with van der Waals surface area (Å²) in [6.07, 6.45) is 0. The summed E-state index contributed by atoms with van der Waals surface area (Å²) in [5.41, 5.74) is 2.90. The molecule has 0 fully saturated rings. The molecular formula is C20H19FN2O2. The Hall–Kier alpha value is -2.95. The molecule has 128 valence electrons. The fourth-order valence-electron chi connectivity index (χ4n) is 2.48. The maximum absolute atomic E-state index is 13.5. The number of nitrogens with zero attached hydrogens (tertiary/aromatic N) is 1. The van der Waals surface area contributed by atoms with E-state index in [2.05, 4.69) is 10.3 Å². The molecule has 0 aliphatic rings. The van der Waals surface area contributed by atoms with E-state index in [1.807, 2.05) is 31.2 Å². The molecule has 0 saturated heterocycles. The second-order valence-corrected chi connectivity index (χ2v) is 5.93. The molecule has 0 aliphatic heterocycles. The van der Waals surface area contributed by atoms with Crippen molar-refractivity contribution in [2.45, 2.75) is 20.4 Å². The zero-order valence-corrected chi connectivity index (χ0v) is 14.2. The third-order valence-electron chi connectivity index (χ3n) is 3.91. The van der Waals surface area contributed by atoms with E-state index in [0.29, 0.717) is 16.9 Å². The van der Waals surface area contributed by atoms with Crippen LogP contribution in [0.3, 0.4) is 0 Å². The number of aryl methyl sites for hydroxylation is 2. The Morgan fingerprint density at radius 3 is 2.80 bits per heavy atom. The summed E-state index contributed by atoms with van der Waals surface area (Å²) in [7, 11) is 0. The Morgan fingerprint density at radius 2 is 2.00 bits per heavy atom. The number of nitrogens with one attached hydrogen (secondary N) is 1. The number of fused-ring (bicyclic) bond motifs is 1. The molecule has 2 aromatic carbocycles. The van der Waals surface area contributed by atoms with Gasteiger partial charge in [-0.3, -0.25) is 4.79 Å². The van der Waals surface area contributed by atoms with Crippen LogP contribution in [0.2, 0.25) is 0 Å². The van der Waals surface area contributed by atoms with Gasteiger partial charge in [-0.2, -0.15) is 0 Å². The number of aromatic nitrogens is 1. The van der Waals surface area contributed by atoms with Crippen LogP contribution in [0.1, 0.15) is 16.8 Å². The number of carbonyl (C=O) groups excluding carboxylic acids is 1. The number of benzene rings is 2. The van der Waals surface area contributed by atoms with Crippen LogP contribution in [0.15, 0.2) is 48.5 Å². The van der Waals surface area contributed by atoms with Gasteiger partial charge in [0.2, 0.25) is 0 Å². The first kappa shape index (κ1) is 16.9. The van der Waals surface area contributed by atoms with E-state index in [0.717, 1.165) is 16.6 Å². The lowest BCUT2D eigenvalue weighted by Crippen LogP contribution is -2.28. The van der Waals surface area contributed by atoms with Crippen molar-refractivity contribution in [3.63, 3.8) is 0 Å². The van der Waals surface area contributed by atoms with Crippen molar-refractivity contribution in [1.29, 1.82) is 0 Å². The minimum atomic E-state index is -0.278. The van der Waals surface area contributed by atoms with Crippen LogP contribution in [0, 0.1) is 19.7 Å². The van der Waals surface area contributed by atoms with Crippen LogP contribution in [-0.2, 0) is 11.3 Å². The average Bonchev–Trinajstić information content (AvgIpc) is 2.61. The Labute approximate surface area is 145 Å². The SMILES string of the molecule is Cc1ccc2cccc(OCC(=O)NCc3ccc(C)c(F)c3)c2n1. The van der Waals surface area contributed by atoms with E-state index in [-0.39, 0.29) is 24.9 Å². The molecule has 0 aliphatic carbocycles. The Morgan fingerprint density at radius 1 is 1.16 bits per heavy atom. The number of halogens is 1. The van der Waals surface area contributed by atoms with Gasteiger partial charge in [-0.15, -0.1) is 0 Å². The molecule has 4 nitrogen and oxygen atoms in total. The summed E-state index contributed by atoms with van der Waals surface area (Å²) in [6, 6.07) is 14.4. The van der Waals surface area contributed by atoms with Gasteiger partial charge < -0.3 is 10.1 Å². The van der Waals surface area contributed by atoms with Gasteiger partial charge in [0, 0.05) is 17.6 Å². The number of pyridine rings is 1. The van der Waals surface area contributed by atoms with Gasteiger partial charge in [0.25, 0.3) is 5.91 Å². The summed E-state index contributed by atoms with van der Waals surface area (Å²) >= 11 is 0. The molecule has 0 unspecified atom stereocenters. The summed E-state index contributed by atoms with van der Waals surface area (Å²) in [5, 5.41) is 3.68. The molecule has 1 aromatic heterocycles. The van der Waals surface area contributed by atoms with Gasteiger partial charge in [-0.05, 0) is 43.2 Å². The number of hydrogen-bond acceptors (Lipinski definition) is 3. The van der Waals surface area contributed by atoms with Gasteiger partial charge in [-0.25, -0.2) is 9.37 Å². The van der Waals surface area contributed by atoms with Gasteiger partial charge >= 0.3 is 0 Å². The predicted octanol–water partition coefficient (Wildman–Crippen LogP) is 3.69. The maximum atomic E-state index is 13.5. The molecule has 0 spiro atoms. The topological polar surface area (TPSA) is 51.2 Å². The minimum absolute atomic E-state index is 0.122. The second-order valence-electron chi connectivity index (χ2n) is 5.93. The smallest absolute Gasteiger partial charge is 0.258 e. The van der Waals surface area contributed by atoms with Crippen LogP contribution in [-0.4, -0.2) is 17.5 Å². The first-order valence-electron chi connectivity index (χ1n) is 8.04. The minimum Gasteiger partial charge on any atom is -0.481 e.